The molecule has 1 aliphatic carbocycles. The molecule has 0 spiro atoms. The number of nitrogens with one attached hydrogen (secondary N) is 1. The number of hydrogen-bond donors (Lipinski definition) is 5. The van der Waals surface area contributed by atoms with Crippen LogP contribution in [0.2, 0.25) is 0 Å². The fourth-order valence-electron chi connectivity index (χ4n) is 3.54. The fourth-order valence-corrected chi connectivity index (χ4v) is 4.35. The monoisotopic (exact) mass is 415 g/mol. The minimum Gasteiger partial charge on any atom is -0.473 e. The summed E-state index contributed by atoms with van der Waals surface area (Å²) in [5, 5.41) is 14.8. The van der Waals surface area contributed by atoms with E-state index in [0.717, 1.165) is 30.1 Å². The van der Waals surface area contributed by atoms with E-state index >= 15 is 0 Å². The Balaban J connectivity index is 0.000000380. The van der Waals surface area contributed by atoms with Gasteiger partial charge in [-0.1, -0.05) is 32.1 Å². The molecule has 0 aromatic carbocycles. The summed E-state index contributed by atoms with van der Waals surface area (Å²) in [6.45, 7) is 0.658. The van der Waals surface area contributed by atoms with Crippen molar-refractivity contribution in [1.29, 1.82) is 0 Å². The van der Waals surface area contributed by atoms with Crippen LogP contribution in [0.15, 0.2) is 6.33 Å². The van der Waals surface area contributed by atoms with Gasteiger partial charge in [0.1, 0.15) is 5.69 Å². The lowest BCUT2D eigenvalue weighted by Crippen LogP contribution is -2.47. The Bertz CT molecular complexity index is 674. The van der Waals surface area contributed by atoms with Gasteiger partial charge in [0.2, 0.25) is 5.91 Å². The number of fused-ring (bicyclic) bond motifs is 1. The van der Waals surface area contributed by atoms with Crippen molar-refractivity contribution < 1.29 is 24.6 Å². The lowest BCUT2D eigenvalue weighted by Gasteiger charge is -2.39. The summed E-state index contributed by atoms with van der Waals surface area (Å²) >= 11 is 9.21. The predicted octanol–water partition coefficient (Wildman–Crippen LogP) is 2.28. The number of hydrogen-bond acceptors (Lipinski definition) is 6. The molecule has 1 amide bonds. The van der Waals surface area contributed by atoms with Crippen LogP contribution in [0.4, 0.5) is 0 Å². The number of H-pyrrole nitrogens is 1. The average Bonchev–Trinajstić information content (AvgIpc) is 3.11. The maximum absolute atomic E-state index is 12.6. The van der Waals surface area contributed by atoms with Gasteiger partial charge in [0.15, 0.2) is 4.20 Å². The van der Waals surface area contributed by atoms with Gasteiger partial charge in [-0.2, -0.15) is 0 Å². The molecule has 3 rings (SSSR count). The summed E-state index contributed by atoms with van der Waals surface area (Å²) in [5.74, 6) is -2.77. The van der Waals surface area contributed by atoms with E-state index in [1.165, 1.54) is 32.1 Å². The van der Waals surface area contributed by atoms with Gasteiger partial charge in [0.25, 0.3) is 0 Å². The third-order valence-corrected chi connectivity index (χ3v) is 5.88. The molecule has 1 aliphatic heterocycles. The molecule has 1 fully saturated rings. The van der Waals surface area contributed by atoms with Gasteiger partial charge in [-0.25, -0.2) is 14.6 Å². The number of aromatic amines is 1. The van der Waals surface area contributed by atoms with Gasteiger partial charge >= 0.3 is 11.9 Å². The molecule has 0 atom stereocenters. The maximum atomic E-state index is 12.6. The second-order valence-corrected chi connectivity index (χ2v) is 8.46. The summed E-state index contributed by atoms with van der Waals surface area (Å²) in [7, 11) is 0. The molecule has 0 bridgehead atoms. The SMILES string of the molecule is O=C(CCC1CCCCC1)N1CCc2[nH]cnc2C1(S)S.O=C(O)C(=O)O. The van der Waals surface area contributed by atoms with Crippen LogP contribution in [0.5, 0.6) is 0 Å². The highest BCUT2D eigenvalue weighted by Gasteiger charge is 2.41. The maximum Gasteiger partial charge on any atom is 0.414 e. The largest absolute Gasteiger partial charge is 0.473 e. The minimum atomic E-state index is -1.82. The second-order valence-electron chi connectivity index (χ2n) is 6.81. The molecule has 2 aliphatic rings. The molecular weight excluding hydrogens is 390 g/mol. The quantitative estimate of drug-likeness (QED) is 0.293. The molecular formula is C17H25N3O5S2. The molecule has 0 unspecified atom stereocenters. The molecule has 0 saturated heterocycles. The molecule has 8 nitrogen and oxygen atoms in total. The van der Waals surface area contributed by atoms with Gasteiger partial charge < -0.3 is 20.1 Å². The first kappa shape index (κ1) is 21.6. The molecule has 1 aromatic rings. The number of amides is 1. The van der Waals surface area contributed by atoms with E-state index < -0.39 is 16.1 Å². The van der Waals surface area contributed by atoms with Gasteiger partial charge in [-0.05, 0) is 12.3 Å². The standard InChI is InChI=1S/C15H23N3OS2.C2H2O4/c19-13(7-6-11-4-2-1-3-5-11)18-9-8-12-14(15(18,20)21)17-10-16-12;3-1(4)2(5)6/h10-11,20-21H,1-9H2,(H,16,17);(H,3,4)(H,5,6). The first-order chi connectivity index (χ1) is 12.7. The second kappa shape index (κ2) is 9.50. The van der Waals surface area contributed by atoms with Crippen molar-refractivity contribution in [2.75, 3.05) is 6.54 Å². The summed E-state index contributed by atoms with van der Waals surface area (Å²) < 4.78 is -0.892. The van der Waals surface area contributed by atoms with Crippen molar-refractivity contribution in [2.45, 2.75) is 55.6 Å². The first-order valence-electron chi connectivity index (χ1n) is 8.97. The van der Waals surface area contributed by atoms with Gasteiger partial charge in [0, 0.05) is 25.1 Å². The van der Waals surface area contributed by atoms with E-state index in [1.54, 1.807) is 11.2 Å². The van der Waals surface area contributed by atoms with Crippen LogP contribution in [0.3, 0.4) is 0 Å². The number of thiol groups is 2. The normalized spacial score (nSPS) is 18.8. The number of aromatic nitrogens is 2. The van der Waals surface area contributed by atoms with Gasteiger partial charge in [0.05, 0.1) is 6.33 Å². The Morgan fingerprint density at radius 3 is 2.41 bits per heavy atom. The Morgan fingerprint density at radius 1 is 1.19 bits per heavy atom. The van der Waals surface area contributed by atoms with Crippen LogP contribution < -0.4 is 0 Å². The van der Waals surface area contributed by atoms with E-state index in [1.807, 2.05) is 0 Å². The smallest absolute Gasteiger partial charge is 0.414 e. The molecule has 1 saturated carbocycles. The van der Waals surface area contributed by atoms with Crippen LogP contribution in [0.25, 0.3) is 0 Å². The number of imidazole rings is 1. The van der Waals surface area contributed by atoms with Crippen molar-refractivity contribution in [2.24, 2.45) is 5.92 Å². The number of rotatable bonds is 3. The average molecular weight is 416 g/mol. The van der Waals surface area contributed by atoms with E-state index in [0.29, 0.717) is 13.0 Å². The lowest BCUT2D eigenvalue weighted by molar-refractivity contribution is -0.159. The summed E-state index contributed by atoms with van der Waals surface area (Å²) in [4.78, 5) is 39.9. The summed E-state index contributed by atoms with van der Waals surface area (Å²) in [5.41, 5.74) is 1.81. The van der Waals surface area contributed by atoms with Crippen molar-refractivity contribution in [3.63, 3.8) is 0 Å². The van der Waals surface area contributed by atoms with Crippen LogP contribution >= 0.6 is 25.3 Å². The molecule has 27 heavy (non-hydrogen) atoms. The number of aliphatic carboxylic acids is 2. The fraction of sp³-hybridized carbons (Fsp3) is 0.647. The van der Waals surface area contributed by atoms with Crippen molar-refractivity contribution in [3.8, 4) is 0 Å². The lowest BCUT2D eigenvalue weighted by atomic mass is 9.86. The summed E-state index contributed by atoms with van der Waals surface area (Å²) in [6.07, 6.45) is 10.6. The molecule has 3 N–H and O–H groups in total. The van der Waals surface area contributed by atoms with Crippen LogP contribution in [0, 0.1) is 5.92 Å². The number of carbonyl (C=O) groups is 3. The third-order valence-electron chi connectivity index (χ3n) is 4.97. The summed E-state index contributed by atoms with van der Waals surface area (Å²) in [6, 6.07) is 0. The van der Waals surface area contributed by atoms with Crippen LogP contribution in [-0.2, 0) is 25.0 Å². The zero-order valence-electron chi connectivity index (χ0n) is 14.9. The number of carbonyl (C=O) groups excluding carboxylic acids is 1. The minimum absolute atomic E-state index is 0.152. The number of nitrogens with zero attached hydrogens (tertiary/aromatic N) is 2. The van der Waals surface area contributed by atoms with Crippen LogP contribution in [-0.4, -0.2) is 49.5 Å². The highest BCUT2D eigenvalue weighted by Crippen LogP contribution is 2.41. The van der Waals surface area contributed by atoms with Crippen LogP contribution in [0.1, 0.15) is 56.3 Å². The van der Waals surface area contributed by atoms with Crippen molar-refractivity contribution >= 4 is 43.1 Å². The highest BCUT2D eigenvalue weighted by molar-refractivity contribution is 7.99. The van der Waals surface area contributed by atoms with E-state index in [2.05, 4.69) is 35.2 Å². The number of carboxylic acid groups (broad SMARTS) is 2. The topological polar surface area (TPSA) is 124 Å². The molecule has 150 valence electrons. The van der Waals surface area contributed by atoms with Gasteiger partial charge in [-0.3, -0.25) is 4.79 Å². The molecule has 1 aromatic heterocycles. The Hall–Kier alpha value is -1.68. The third kappa shape index (κ3) is 5.65. The zero-order chi connectivity index (χ0) is 20.0. The Morgan fingerprint density at radius 2 is 1.81 bits per heavy atom. The van der Waals surface area contributed by atoms with E-state index in [4.69, 9.17) is 19.8 Å². The van der Waals surface area contributed by atoms with E-state index in [-0.39, 0.29) is 5.91 Å². The Kier molecular flexibility index (Phi) is 7.60. The van der Waals surface area contributed by atoms with E-state index in [9.17, 15) is 4.79 Å². The zero-order valence-corrected chi connectivity index (χ0v) is 16.7. The molecule has 2 heterocycles. The predicted molar refractivity (Wildman–Crippen MR) is 105 cm³/mol. The highest BCUT2D eigenvalue weighted by atomic mass is 32.2. The first-order valence-corrected chi connectivity index (χ1v) is 9.87. The van der Waals surface area contributed by atoms with Gasteiger partial charge in [-0.15, -0.1) is 25.3 Å². The number of carboxylic acids is 2. The molecule has 10 heteroatoms. The van der Waals surface area contributed by atoms with Crippen molar-refractivity contribution in [3.05, 3.63) is 17.7 Å². The Labute approximate surface area is 168 Å². The van der Waals surface area contributed by atoms with Crippen molar-refractivity contribution in [1.82, 2.24) is 14.9 Å². The molecule has 0 radical (unpaired) electrons.